The van der Waals surface area contributed by atoms with Gasteiger partial charge in [0.15, 0.2) is 0 Å². The van der Waals surface area contributed by atoms with Crippen LogP contribution in [-0.4, -0.2) is 83.0 Å². The molecule has 12 heteroatoms. The molecule has 3 aromatic carbocycles. The van der Waals surface area contributed by atoms with Crippen LogP contribution in [0.25, 0.3) is 15.9 Å². The highest BCUT2D eigenvalue weighted by molar-refractivity contribution is 6.76. The number of nitrogens with zero attached hydrogens (tertiary/aromatic N) is 9. The van der Waals surface area contributed by atoms with E-state index in [2.05, 4.69) is 107 Å². The number of rotatable bonds is 15. The molecule has 0 aliphatic carbocycles. The monoisotopic (exact) mass is 757 g/mol. The third-order valence-electron chi connectivity index (χ3n) is 10.4. The molecule has 2 saturated heterocycles. The van der Waals surface area contributed by atoms with Gasteiger partial charge in [0.05, 0.1) is 24.7 Å². The van der Waals surface area contributed by atoms with E-state index < -0.39 is 8.07 Å². The lowest BCUT2D eigenvalue weighted by molar-refractivity contribution is -0.119. The molecule has 0 N–H and O–H groups in total. The lowest BCUT2D eigenvalue weighted by Crippen LogP contribution is -2.34. The van der Waals surface area contributed by atoms with E-state index in [1.165, 1.54) is 36.0 Å². The van der Waals surface area contributed by atoms with Crippen LogP contribution in [0.1, 0.15) is 53.5 Å². The molecule has 2 aliphatic heterocycles. The Balaban J connectivity index is 1.23. The number of fused-ring (bicyclic) bond motifs is 1. The van der Waals surface area contributed by atoms with Crippen LogP contribution in [0.3, 0.4) is 0 Å². The van der Waals surface area contributed by atoms with E-state index in [9.17, 15) is 10.1 Å². The summed E-state index contributed by atoms with van der Waals surface area (Å²) in [5, 5.41) is 18.7. The van der Waals surface area contributed by atoms with E-state index >= 15 is 0 Å². The normalized spacial score (nSPS) is 16.0. The molecule has 0 saturated carbocycles. The molecule has 11 nitrogen and oxygen atoms in total. The van der Waals surface area contributed by atoms with Crippen molar-refractivity contribution < 1.29 is 9.53 Å². The molecule has 55 heavy (non-hydrogen) atoms. The number of carbonyl (C=O) groups excluding carboxylic acids is 1. The van der Waals surface area contributed by atoms with Gasteiger partial charge in [-0.25, -0.2) is 14.8 Å². The summed E-state index contributed by atoms with van der Waals surface area (Å²) in [6.45, 7) is 25.7. The van der Waals surface area contributed by atoms with E-state index in [1.807, 2.05) is 28.0 Å². The van der Waals surface area contributed by atoms with Gasteiger partial charge in [-0.15, -0.1) is 5.10 Å². The number of ether oxygens (including phenoxy) is 1. The van der Waals surface area contributed by atoms with Crippen molar-refractivity contribution in [2.45, 2.75) is 91.6 Å². The average molecular weight is 758 g/mol. The van der Waals surface area contributed by atoms with Gasteiger partial charge in [0, 0.05) is 59.5 Å². The van der Waals surface area contributed by atoms with Gasteiger partial charge in [-0.2, -0.15) is 0 Å². The predicted molar refractivity (Wildman–Crippen MR) is 220 cm³/mol. The van der Waals surface area contributed by atoms with Gasteiger partial charge in [-0.3, -0.25) is 9.69 Å². The summed E-state index contributed by atoms with van der Waals surface area (Å²) in [4.78, 5) is 26.6. The van der Waals surface area contributed by atoms with Gasteiger partial charge in [-0.1, -0.05) is 78.8 Å². The molecule has 0 spiro atoms. The number of hydrogen-bond acceptors (Lipinski definition) is 8. The van der Waals surface area contributed by atoms with Crippen LogP contribution in [0.2, 0.25) is 25.7 Å². The first-order chi connectivity index (χ1) is 26.5. The summed E-state index contributed by atoms with van der Waals surface area (Å²) in [6, 6.07) is 24.1. The third-order valence-corrected chi connectivity index (χ3v) is 12.1. The van der Waals surface area contributed by atoms with Crippen LogP contribution in [0, 0.1) is 31.8 Å². The second kappa shape index (κ2) is 18.1. The van der Waals surface area contributed by atoms with Crippen LogP contribution in [0.4, 0.5) is 5.69 Å². The highest BCUT2D eigenvalue weighted by atomic mass is 28.3. The lowest BCUT2D eigenvalue weighted by atomic mass is 10.1. The maximum absolute atomic E-state index is 14.5. The van der Waals surface area contributed by atoms with Crippen molar-refractivity contribution in [3.05, 3.63) is 111 Å². The van der Waals surface area contributed by atoms with Crippen LogP contribution >= 0.6 is 0 Å². The third kappa shape index (κ3) is 10.6. The molecular weight excluding hydrogens is 703 g/mol. The molecule has 0 unspecified atom stereocenters. The quantitative estimate of drug-likeness (QED) is 0.0527. The van der Waals surface area contributed by atoms with Gasteiger partial charge in [0.25, 0.3) is 0 Å². The molecule has 0 atom stereocenters. The number of amides is 1. The summed E-state index contributed by atoms with van der Waals surface area (Å²) in [5.41, 5.74) is 8.21. The molecule has 2 aliphatic rings. The number of aromatic nitrogens is 3. The molecule has 288 valence electrons. The minimum atomic E-state index is -1.22. The Labute approximate surface area is 327 Å². The Morgan fingerprint density at radius 2 is 1.69 bits per heavy atom. The van der Waals surface area contributed by atoms with Gasteiger partial charge in [0.1, 0.15) is 18.1 Å². The number of likely N-dealkylation sites (tertiary alicyclic amines) is 1. The van der Waals surface area contributed by atoms with E-state index in [0.29, 0.717) is 51.9 Å². The predicted octanol–water partition coefficient (Wildman–Crippen LogP) is 7.70. The van der Waals surface area contributed by atoms with Crippen molar-refractivity contribution in [3.8, 4) is 6.07 Å². The Morgan fingerprint density at radius 3 is 2.42 bits per heavy atom. The first-order valence-corrected chi connectivity index (χ1v) is 23.3. The summed E-state index contributed by atoms with van der Waals surface area (Å²) in [5.74, 6) is 0.586. The van der Waals surface area contributed by atoms with Crippen LogP contribution in [-0.2, 0) is 35.9 Å². The maximum atomic E-state index is 14.5. The second-order valence-corrected chi connectivity index (χ2v) is 21.9. The highest BCUT2D eigenvalue weighted by Gasteiger charge is 2.30. The van der Waals surface area contributed by atoms with Crippen molar-refractivity contribution in [1.29, 1.82) is 5.26 Å². The van der Waals surface area contributed by atoms with Gasteiger partial charge < -0.3 is 19.4 Å². The van der Waals surface area contributed by atoms with Crippen molar-refractivity contribution in [3.63, 3.8) is 0 Å². The van der Waals surface area contributed by atoms with Crippen molar-refractivity contribution in [2.24, 2.45) is 0 Å². The number of piperidine rings is 1. The first-order valence-electron chi connectivity index (χ1n) is 19.6. The zero-order valence-corrected chi connectivity index (χ0v) is 34.2. The topological polar surface area (TPSA) is 98.1 Å². The molecule has 1 amide bonds. The van der Waals surface area contributed by atoms with E-state index in [-0.39, 0.29) is 18.0 Å². The van der Waals surface area contributed by atoms with Gasteiger partial charge >= 0.3 is 5.70 Å². The van der Waals surface area contributed by atoms with Crippen molar-refractivity contribution >= 4 is 30.7 Å². The molecule has 2 fully saturated rings. The summed E-state index contributed by atoms with van der Waals surface area (Å²) >= 11 is 0. The van der Waals surface area contributed by atoms with Gasteiger partial charge in [-0.05, 0) is 86.8 Å². The smallest absolute Gasteiger partial charge is 0.300 e. The van der Waals surface area contributed by atoms with Crippen LogP contribution < -0.4 is 4.90 Å². The Bertz CT molecular complexity index is 2050. The van der Waals surface area contributed by atoms with Crippen LogP contribution in [0.5, 0.6) is 0 Å². The number of aryl methyl sites for hydroxylation is 2. The maximum Gasteiger partial charge on any atom is 0.300 e. The van der Waals surface area contributed by atoms with Crippen molar-refractivity contribution in [1.82, 2.24) is 29.7 Å². The molecule has 0 radical (unpaired) electrons. The number of allylic oxidation sites excluding steroid dienone is 1. The Morgan fingerprint density at radius 1 is 0.927 bits per heavy atom. The zero-order chi connectivity index (χ0) is 39.0. The SMILES string of the molecule is [C-]#[N+]C(C#N)=C1N(CCC(=O)N(Cc2ccc3nnn(COCC[Si](C)(C)C)c3c2)c2cccc(CN3CCCCC3)c2)CCN1Cc1cc(C)cc(C)c1. The Hall–Kier alpha value is -5.01. The molecule has 4 aromatic rings. The highest BCUT2D eigenvalue weighted by Crippen LogP contribution is 2.28. The average Bonchev–Trinajstić information content (AvgIpc) is 3.75. The Kier molecular flexibility index (Phi) is 13.0. The number of carbonyl (C=O) groups is 1. The van der Waals surface area contributed by atoms with Crippen LogP contribution in [0.15, 0.2) is 72.2 Å². The fourth-order valence-corrected chi connectivity index (χ4v) is 8.39. The minimum absolute atomic E-state index is 0.0232. The number of hydrogen-bond donors (Lipinski definition) is 0. The molecular formula is C43H55N9O2Si. The fraction of sp³-hybridized carbons (Fsp3) is 0.465. The summed E-state index contributed by atoms with van der Waals surface area (Å²) in [7, 11) is -1.22. The van der Waals surface area contributed by atoms with Crippen molar-refractivity contribution in [2.75, 3.05) is 44.2 Å². The standard InChI is InChI=1S/C43H55N9O2Si/c1-33-23-34(2)25-37(24-33)30-50-20-19-49(43(50)40(28-44)45-3)18-15-42(53)51(38-12-10-11-35(26-38)29-48-16-8-7-9-17-48)31-36-13-14-39-41(27-36)52(47-46-39)32-54-21-22-55(4,5)6/h10-14,23-27H,7-9,15-22,29-32H2,1-2,4-6H3. The number of benzene rings is 3. The van der Waals surface area contributed by atoms with E-state index in [4.69, 9.17) is 11.3 Å². The molecule has 3 heterocycles. The second-order valence-electron chi connectivity index (χ2n) is 16.3. The molecule has 6 rings (SSSR count). The van der Waals surface area contributed by atoms with E-state index in [1.54, 1.807) is 4.68 Å². The van der Waals surface area contributed by atoms with E-state index in [0.717, 1.165) is 53.5 Å². The summed E-state index contributed by atoms with van der Waals surface area (Å²) < 4.78 is 7.81. The van der Waals surface area contributed by atoms with Gasteiger partial charge in [0.2, 0.25) is 5.91 Å². The molecule has 0 bridgehead atoms. The largest absolute Gasteiger partial charge is 0.364 e. The molecule has 1 aromatic heterocycles. The summed E-state index contributed by atoms with van der Waals surface area (Å²) in [6.07, 6.45) is 3.95. The number of nitriles is 1. The first kappa shape index (κ1) is 39.7. The number of anilines is 1. The fourth-order valence-electron chi connectivity index (χ4n) is 7.63. The minimum Gasteiger partial charge on any atom is -0.364 e. The zero-order valence-electron chi connectivity index (χ0n) is 33.2. The lowest BCUT2D eigenvalue weighted by Gasteiger charge is -2.29.